The molecule has 0 saturated heterocycles. The minimum atomic E-state index is 1.17. The van der Waals surface area contributed by atoms with Gasteiger partial charge in [-0.15, -0.1) is 0 Å². The van der Waals surface area contributed by atoms with Crippen LogP contribution in [0, 0.1) is 13.8 Å². The molecule has 5 rings (SSSR count). The molecule has 0 spiro atoms. The van der Waals surface area contributed by atoms with Gasteiger partial charge in [-0.25, -0.2) is 4.98 Å². The lowest BCUT2D eigenvalue weighted by atomic mass is 9.93. The average molecular weight is 360 g/mol. The van der Waals surface area contributed by atoms with Crippen LogP contribution in [0.5, 0.6) is 0 Å². The summed E-state index contributed by atoms with van der Waals surface area (Å²) in [6.07, 6.45) is 3.99. The van der Waals surface area contributed by atoms with Gasteiger partial charge >= 0.3 is 0 Å². The van der Waals surface area contributed by atoms with Gasteiger partial charge in [0, 0.05) is 17.0 Å². The largest absolute Gasteiger partial charge is 0.218 e. The predicted octanol–water partition coefficient (Wildman–Crippen LogP) is 6.89. The van der Waals surface area contributed by atoms with E-state index in [9.17, 15) is 0 Å². The van der Waals surface area contributed by atoms with Crippen LogP contribution in [0.2, 0.25) is 0 Å². The zero-order chi connectivity index (χ0) is 19.3. The first-order chi connectivity index (χ1) is 13.7. The van der Waals surface area contributed by atoms with Crippen molar-refractivity contribution in [1.29, 1.82) is 0 Å². The van der Waals surface area contributed by atoms with E-state index in [-0.39, 0.29) is 0 Å². The molecule has 1 nitrogen and oxygen atoms in total. The van der Waals surface area contributed by atoms with Gasteiger partial charge in [0.15, 0.2) is 6.20 Å². The molecule has 0 aliphatic heterocycles. The Labute approximate surface area is 165 Å². The zero-order valence-electron chi connectivity index (χ0n) is 16.2. The van der Waals surface area contributed by atoms with Gasteiger partial charge in [0.05, 0.1) is 5.39 Å². The van der Waals surface area contributed by atoms with Crippen molar-refractivity contribution in [2.75, 3.05) is 0 Å². The molecule has 0 bridgehead atoms. The van der Waals surface area contributed by atoms with Crippen LogP contribution in [-0.2, 0) is 0 Å². The Bertz CT molecular complexity index is 1370. The van der Waals surface area contributed by atoms with Crippen LogP contribution in [0.15, 0.2) is 79.5 Å². The molecule has 0 amide bonds. The van der Waals surface area contributed by atoms with Gasteiger partial charge in [-0.1, -0.05) is 66.2 Å². The summed E-state index contributed by atoms with van der Waals surface area (Å²) >= 11 is 0. The topological polar surface area (TPSA) is 14.1 Å². The first kappa shape index (κ1) is 16.7. The Morgan fingerprint density at radius 1 is 0.679 bits per heavy atom. The Balaban J connectivity index is 1.87. The predicted molar refractivity (Wildman–Crippen MR) is 121 cm³/mol. The molecular weight excluding hydrogens is 338 g/mol. The van der Waals surface area contributed by atoms with E-state index in [4.69, 9.17) is 0 Å². The number of fused-ring (bicyclic) bond motifs is 5. The number of pyridine rings is 1. The van der Waals surface area contributed by atoms with E-state index in [1.165, 1.54) is 60.3 Å². The number of nitrogens with one attached hydrogen (secondary N) is 1. The highest BCUT2D eigenvalue weighted by Gasteiger charge is 2.14. The number of aromatic nitrogens is 1. The summed E-state index contributed by atoms with van der Waals surface area (Å²) in [6, 6.07) is 24.3. The zero-order valence-corrected chi connectivity index (χ0v) is 16.2. The van der Waals surface area contributed by atoms with Gasteiger partial charge < -0.3 is 0 Å². The standard InChI is InChI=1S/C27H21N/c1-4-19-6-5-7-22-21(19)8-9-24-23(22)10-11-26-25(24)12-13-28-27(26)20-15-17(2)14-18(3)16-20/h4-16H,1H2,2-3H3/p+1. The molecule has 0 aliphatic carbocycles. The first-order valence-corrected chi connectivity index (χ1v) is 9.66. The number of H-pyrrole nitrogens is 1. The van der Waals surface area contributed by atoms with Gasteiger partial charge in [-0.2, -0.15) is 0 Å². The van der Waals surface area contributed by atoms with E-state index in [0.29, 0.717) is 0 Å². The molecule has 1 heterocycles. The van der Waals surface area contributed by atoms with Gasteiger partial charge in [-0.3, -0.25) is 0 Å². The van der Waals surface area contributed by atoms with Crippen LogP contribution in [0.25, 0.3) is 49.7 Å². The number of benzene rings is 4. The number of rotatable bonds is 2. The van der Waals surface area contributed by atoms with Gasteiger partial charge in [-0.05, 0) is 59.2 Å². The summed E-state index contributed by atoms with van der Waals surface area (Å²) in [5, 5.41) is 7.62. The lowest BCUT2D eigenvalue weighted by Crippen LogP contribution is -2.06. The van der Waals surface area contributed by atoms with Crippen molar-refractivity contribution in [2.45, 2.75) is 13.8 Å². The highest BCUT2D eigenvalue weighted by Crippen LogP contribution is 2.35. The third-order valence-corrected chi connectivity index (χ3v) is 5.61. The molecule has 0 radical (unpaired) electrons. The molecule has 0 atom stereocenters. The molecule has 0 unspecified atom stereocenters. The van der Waals surface area contributed by atoms with Crippen LogP contribution in [0.4, 0.5) is 0 Å². The van der Waals surface area contributed by atoms with Crippen LogP contribution in [0.1, 0.15) is 16.7 Å². The Kier molecular flexibility index (Phi) is 3.77. The van der Waals surface area contributed by atoms with E-state index in [0.717, 1.165) is 0 Å². The summed E-state index contributed by atoms with van der Waals surface area (Å²) in [7, 11) is 0. The second-order valence-electron chi connectivity index (χ2n) is 7.56. The smallest absolute Gasteiger partial charge is 0.211 e. The van der Waals surface area contributed by atoms with Crippen LogP contribution in [0.3, 0.4) is 0 Å². The number of aryl methyl sites for hydroxylation is 2. The fourth-order valence-corrected chi connectivity index (χ4v) is 4.44. The van der Waals surface area contributed by atoms with Crippen molar-refractivity contribution in [1.82, 2.24) is 0 Å². The molecule has 1 heteroatoms. The number of aromatic amines is 1. The summed E-state index contributed by atoms with van der Waals surface area (Å²) in [6.45, 7) is 8.27. The lowest BCUT2D eigenvalue weighted by Gasteiger charge is -2.10. The summed E-state index contributed by atoms with van der Waals surface area (Å²) < 4.78 is 0. The summed E-state index contributed by atoms with van der Waals surface area (Å²) in [5.74, 6) is 0. The Morgan fingerprint density at radius 3 is 2.00 bits per heavy atom. The Hall–Kier alpha value is -3.45. The molecular formula is C27H22N+. The van der Waals surface area contributed by atoms with E-state index >= 15 is 0 Å². The normalized spacial score (nSPS) is 11.4. The van der Waals surface area contributed by atoms with Crippen molar-refractivity contribution in [3.05, 3.63) is 96.2 Å². The minimum Gasteiger partial charge on any atom is -0.211 e. The first-order valence-electron chi connectivity index (χ1n) is 9.66. The fourth-order valence-electron chi connectivity index (χ4n) is 4.44. The van der Waals surface area contributed by atoms with Crippen LogP contribution in [-0.4, -0.2) is 0 Å². The van der Waals surface area contributed by atoms with E-state index in [1.54, 1.807) is 0 Å². The molecule has 0 saturated carbocycles. The molecule has 5 aromatic rings. The second-order valence-corrected chi connectivity index (χ2v) is 7.56. The van der Waals surface area contributed by atoms with Crippen molar-refractivity contribution >= 4 is 38.4 Å². The van der Waals surface area contributed by atoms with Gasteiger partial charge in [0.2, 0.25) is 5.69 Å². The van der Waals surface area contributed by atoms with Crippen molar-refractivity contribution in [3.63, 3.8) is 0 Å². The number of hydrogen-bond acceptors (Lipinski definition) is 0. The van der Waals surface area contributed by atoms with Crippen LogP contribution < -0.4 is 4.98 Å². The molecule has 1 N–H and O–H groups in total. The monoisotopic (exact) mass is 360 g/mol. The maximum atomic E-state index is 3.97. The van der Waals surface area contributed by atoms with Gasteiger partial charge in [0.1, 0.15) is 0 Å². The average Bonchev–Trinajstić information content (AvgIpc) is 2.71. The fraction of sp³-hybridized carbons (Fsp3) is 0.0741. The molecule has 28 heavy (non-hydrogen) atoms. The van der Waals surface area contributed by atoms with Crippen molar-refractivity contribution in [3.8, 4) is 11.3 Å². The van der Waals surface area contributed by atoms with Crippen molar-refractivity contribution < 1.29 is 4.98 Å². The van der Waals surface area contributed by atoms with E-state index in [1.807, 2.05) is 6.08 Å². The maximum absolute atomic E-state index is 3.97. The summed E-state index contributed by atoms with van der Waals surface area (Å²) in [4.78, 5) is 3.49. The lowest BCUT2D eigenvalue weighted by molar-refractivity contribution is -0.362. The summed E-state index contributed by atoms with van der Waals surface area (Å²) in [5.41, 5.74) is 6.15. The SMILES string of the molecule is C=Cc1cccc2c1ccc1c3cc[nH+]c(-c4cc(C)cc(C)c4)c3ccc21. The molecule has 134 valence electrons. The number of hydrogen-bond donors (Lipinski definition) is 0. The Morgan fingerprint density at radius 2 is 1.29 bits per heavy atom. The third kappa shape index (κ3) is 2.51. The molecule has 1 aromatic heterocycles. The quantitative estimate of drug-likeness (QED) is 0.304. The van der Waals surface area contributed by atoms with Gasteiger partial charge in [0.25, 0.3) is 0 Å². The van der Waals surface area contributed by atoms with Crippen LogP contribution >= 0.6 is 0 Å². The second kappa shape index (κ2) is 6.31. The van der Waals surface area contributed by atoms with E-state index in [2.05, 4.69) is 98.3 Å². The van der Waals surface area contributed by atoms with Crippen molar-refractivity contribution in [2.24, 2.45) is 0 Å². The highest BCUT2D eigenvalue weighted by atomic mass is 14.7. The highest BCUT2D eigenvalue weighted by molar-refractivity contribution is 6.19. The molecule has 4 aromatic carbocycles. The van der Waals surface area contributed by atoms with E-state index < -0.39 is 0 Å². The third-order valence-electron chi connectivity index (χ3n) is 5.61. The molecule has 0 aliphatic rings. The molecule has 0 fully saturated rings. The minimum absolute atomic E-state index is 1.17. The maximum Gasteiger partial charge on any atom is 0.218 e.